The highest BCUT2D eigenvalue weighted by Gasteiger charge is 2.32. The predicted octanol–water partition coefficient (Wildman–Crippen LogP) is 0.333. The van der Waals surface area contributed by atoms with E-state index in [1.807, 2.05) is 7.05 Å². The molecule has 1 aromatic rings. The second-order valence-corrected chi connectivity index (χ2v) is 3.86. The summed E-state index contributed by atoms with van der Waals surface area (Å²) in [6.45, 7) is 2.41. The van der Waals surface area contributed by atoms with Crippen LogP contribution in [0.25, 0.3) is 0 Å². The molecule has 2 rings (SSSR count). The van der Waals surface area contributed by atoms with E-state index >= 15 is 0 Å². The number of nitrogens with zero attached hydrogens (tertiary/aromatic N) is 3. The minimum absolute atomic E-state index is 0.187. The molecule has 1 aromatic heterocycles. The number of likely N-dealkylation sites (N-methyl/N-ethyl adjacent to an activating group) is 1. The van der Waals surface area contributed by atoms with E-state index in [0.29, 0.717) is 18.3 Å². The van der Waals surface area contributed by atoms with Crippen LogP contribution in [0.2, 0.25) is 0 Å². The maximum Gasteiger partial charge on any atom is 0.223 e. The van der Waals surface area contributed by atoms with E-state index in [1.165, 1.54) is 0 Å². The third kappa shape index (κ3) is 1.78. The summed E-state index contributed by atoms with van der Waals surface area (Å²) in [5, 5.41) is 13.3. The van der Waals surface area contributed by atoms with Crippen molar-refractivity contribution >= 4 is 0 Å². The largest absolute Gasteiger partial charge is 0.391 e. The van der Waals surface area contributed by atoms with Gasteiger partial charge in [0.1, 0.15) is 0 Å². The molecular weight excluding hydrogens is 182 g/mol. The minimum Gasteiger partial charge on any atom is -0.391 e. The van der Waals surface area contributed by atoms with Crippen molar-refractivity contribution in [3.8, 4) is 0 Å². The molecule has 1 heterocycles. The molecule has 2 unspecified atom stereocenters. The van der Waals surface area contributed by atoms with Gasteiger partial charge in [-0.2, -0.15) is 4.98 Å². The summed E-state index contributed by atoms with van der Waals surface area (Å²) in [7, 11) is 1.97. The number of hydrogen-bond donors (Lipinski definition) is 1. The SMILES string of the molecule is Cc1nc(CN(C)C2CCC2O)no1. The summed E-state index contributed by atoms with van der Waals surface area (Å²) in [5.74, 6) is 1.27. The molecule has 0 bridgehead atoms. The number of aliphatic hydroxyl groups is 1. The lowest BCUT2D eigenvalue weighted by Crippen LogP contribution is -2.48. The first-order chi connectivity index (χ1) is 6.66. The molecule has 0 amide bonds. The van der Waals surface area contributed by atoms with Gasteiger partial charge in [-0.25, -0.2) is 0 Å². The smallest absolute Gasteiger partial charge is 0.223 e. The van der Waals surface area contributed by atoms with Crippen molar-refractivity contribution in [3.05, 3.63) is 11.7 Å². The van der Waals surface area contributed by atoms with Crippen LogP contribution in [0.5, 0.6) is 0 Å². The zero-order valence-electron chi connectivity index (χ0n) is 8.47. The van der Waals surface area contributed by atoms with E-state index in [4.69, 9.17) is 4.52 Å². The third-order valence-corrected chi connectivity index (χ3v) is 2.73. The molecule has 14 heavy (non-hydrogen) atoms. The highest BCUT2D eigenvalue weighted by atomic mass is 16.5. The fourth-order valence-electron chi connectivity index (χ4n) is 1.72. The Hall–Kier alpha value is -0.940. The lowest BCUT2D eigenvalue weighted by Gasteiger charge is -2.38. The van der Waals surface area contributed by atoms with Crippen molar-refractivity contribution in [1.29, 1.82) is 0 Å². The van der Waals surface area contributed by atoms with E-state index < -0.39 is 0 Å². The maximum atomic E-state index is 9.46. The zero-order valence-corrected chi connectivity index (χ0v) is 8.47. The number of aromatic nitrogens is 2. The number of hydrogen-bond acceptors (Lipinski definition) is 5. The average Bonchev–Trinajstić information content (AvgIpc) is 2.48. The summed E-state index contributed by atoms with van der Waals surface area (Å²) in [6.07, 6.45) is 1.77. The van der Waals surface area contributed by atoms with Gasteiger partial charge >= 0.3 is 0 Å². The number of aryl methyl sites for hydroxylation is 1. The van der Waals surface area contributed by atoms with Gasteiger partial charge in [0.05, 0.1) is 12.6 Å². The molecule has 1 saturated carbocycles. The Morgan fingerprint density at radius 2 is 2.36 bits per heavy atom. The van der Waals surface area contributed by atoms with Gasteiger partial charge in [0.15, 0.2) is 5.82 Å². The van der Waals surface area contributed by atoms with Crippen molar-refractivity contribution in [1.82, 2.24) is 15.0 Å². The Balaban J connectivity index is 1.91. The van der Waals surface area contributed by atoms with Crippen LogP contribution in [0.15, 0.2) is 4.52 Å². The Kier molecular flexibility index (Phi) is 2.52. The molecule has 2 atom stereocenters. The zero-order chi connectivity index (χ0) is 10.1. The average molecular weight is 197 g/mol. The van der Waals surface area contributed by atoms with Crippen LogP contribution in [-0.2, 0) is 6.54 Å². The van der Waals surface area contributed by atoms with E-state index in [0.717, 1.165) is 12.8 Å². The normalized spacial score (nSPS) is 26.6. The van der Waals surface area contributed by atoms with Gasteiger partial charge in [0, 0.05) is 13.0 Å². The van der Waals surface area contributed by atoms with E-state index in [9.17, 15) is 5.11 Å². The van der Waals surface area contributed by atoms with Crippen LogP contribution in [0, 0.1) is 6.92 Å². The summed E-state index contributed by atoms with van der Waals surface area (Å²) in [5.41, 5.74) is 0. The van der Waals surface area contributed by atoms with Gasteiger partial charge < -0.3 is 9.63 Å². The van der Waals surface area contributed by atoms with Gasteiger partial charge in [0.25, 0.3) is 0 Å². The van der Waals surface area contributed by atoms with Crippen LogP contribution >= 0.6 is 0 Å². The fourth-order valence-corrected chi connectivity index (χ4v) is 1.72. The quantitative estimate of drug-likeness (QED) is 0.756. The summed E-state index contributed by atoms with van der Waals surface area (Å²) < 4.78 is 4.87. The van der Waals surface area contributed by atoms with Gasteiger partial charge in [0.2, 0.25) is 5.89 Å². The van der Waals surface area contributed by atoms with E-state index in [-0.39, 0.29) is 12.1 Å². The highest BCUT2D eigenvalue weighted by molar-refractivity contribution is 4.91. The van der Waals surface area contributed by atoms with Crippen molar-refractivity contribution < 1.29 is 9.63 Å². The molecule has 0 spiro atoms. The summed E-state index contributed by atoms with van der Waals surface area (Å²) in [6, 6.07) is 0.258. The first-order valence-electron chi connectivity index (χ1n) is 4.84. The molecule has 1 aliphatic carbocycles. The van der Waals surface area contributed by atoms with Crippen LogP contribution in [0.3, 0.4) is 0 Å². The van der Waals surface area contributed by atoms with Crippen LogP contribution in [-0.4, -0.2) is 39.3 Å². The minimum atomic E-state index is -0.187. The maximum absolute atomic E-state index is 9.46. The van der Waals surface area contributed by atoms with Crippen LogP contribution < -0.4 is 0 Å². The first-order valence-corrected chi connectivity index (χ1v) is 4.84. The molecular formula is C9H15N3O2. The van der Waals surface area contributed by atoms with E-state index in [2.05, 4.69) is 15.0 Å². The Labute approximate surface area is 82.7 Å². The number of aliphatic hydroxyl groups excluding tert-OH is 1. The van der Waals surface area contributed by atoms with Crippen molar-refractivity contribution in [2.75, 3.05) is 7.05 Å². The first kappa shape index (κ1) is 9.61. The van der Waals surface area contributed by atoms with Crippen LogP contribution in [0.1, 0.15) is 24.6 Å². The molecule has 1 N–H and O–H groups in total. The van der Waals surface area contributed by atoms with Crippen molar-refractivity contribution in [3.63, 3.8) is 0 Å². The molecule has 5 nitrogen and oxygen atoms in total. The molecule has 0 radical (unpaired) electrons. The second-order valence-electron chi connectivity index (χ2n) is 3.86. The highest BCUT2D eigenvalue weighted by Crippen LogP contribution is 2.25. The van der Waals surface area contributed by atoms with E-state index in [1.54, 1.807) is 6.92 Å². The Morgan fingerprint density at radius 3 is 2.79 bits per heavy atom. The molecule has 5 heteroatoms. The topological polar surface area (TPSA) is 62.4 Å². The number of rotatable bonds is 3. The molecule has 0 aromatic carbocycles. The Bertz CT molecular complexity index is 313. The van der Waals surface area contributed by atoms with Gasteiger partial charge in [-0.1, -0.05) is 5.16 Å². The van der Waals surface area contributed by atoms with Gasteiger partial charge in [-0.15, -0.1) is 0 Å². The Morgan fingerprint density at radius 1 is 1.57 bits per heavy atom. The lowest BCUT2D eigenvalue weighted by molar-refractivity contribution is -0.0141. The standard InChI is InChI=1S/C9H15N3O2/c1-6-10-9(11-14-6)5-12(2)7-3-4-8(7)13/h7-8,13H,3-5H2,1-2H3. The second kappa shape index (κ2) is 3.67. The molecule has 1 aliphatic rings. The van der Waals surface area contributed by atoms with Crippen molar-refractivity contribution in [2.45, 2.75) is 38.5 Å². The van der Waals surface area contributed by atoms with Crippen molar-refractivity contribution in [2.24, 2.45) is 0 Å². The molecule has 0 saturated heterocycles. The lowest BCUT2D eigenvalue weighted by atomic mass is 9.88. The monoisotopic (exact) mass is 197 g/mol. The molecule has 1 fully saturated rings. The molecule has 0 aliphatic heterocycles. The fraction of sp³-hybridized carbons (Fsp3) is 0.778. The summed E-state index contributed by atoms with van der Waals surface area (Å²) >= 11 is 0. The van der Waals surface area contributed by atoms with Gasteiger partial charge in [-0.05, 0) is 19.9 Å². The third-order valence-electron chi connectivity index (χ3n) is 2.73. The molecule has 78 valence electrons. The van der Waals surface area contributed by atoms with Gasteiger partial charge in [-0.3, -0.25) is 4.90 Å². The predicted molar refractivity (Wildman–Crippen MR) is 49.5 cm³/mol. The summed E-state index contributed by atoms with van der Waals surface area (Å²) in [4.78, 5) is 6.18. The van der Waals surface area contributed by atoms with Crippen LogP contribution in [0.4, 0.5) is 0 Å².